The number of fused-ring (bicyclic) bond motifs is 1. The highest BCUT2D eigenvalue weighted by Gasteiger charge is 2.25. The Morgan fingerprint density at radius 1 is 1.10 bits per heavy atom. The van der Waals surface area contributed by atoms with Crippen LogP contribution in [-0.4, -0.2) is 26.2 Å². The lowest BCUT2D eigenvalue weighted by atomic mass is 9.96. The molecule has 0 radical (unpaired) electrons. The van der Waals surface area contributed by atoms with E-state index in [4.69, 9.17) is 9.47 Å². The smallest absolute Gasteiger partial charge is 0.246 e. The summed E-state index contributed by atoms with van der Waals surface area (Å²) in [5.74, 6) is 1.78. The number of amides is 1. The second kappa shape index (κ2) is 9.67. The van der Waals surface area contributed by atoms with Crippen molar-refractivity contribution < 1.29 is 14.3 Å². The zero-order valence-corrected chi connectivity index (χ0v) is 17.9. The van der Waals surface area contributed by atoms with Crippen molar-refractivity contribution in [1.82, 2.24) is 5.32 Å². The number of rotatable bonds is 7. The van der Waals surface area contributed by atoms with Gasteiger partial charge in [-0.3, -0.25) is 4.79 Å². The van der Waals surface area contributed by atoms with Crippen LogP contribution in [-0.2, 0) is 11.2 Å². The summed E-state index contributed by atoms with van der Waals surface area (Å²) in [6.45, 7) is 3.30. The number of para-hydroxylation sites is 1. The largest absolute Gasteiger partial charge is 0.495 e. The maximum atomic E-state index is 13.3. The van der Waals surface area contributed by atoms with E-state index in [2.05, 4.69) is 16.7 Å². The van der Waals surface area contributed by atoms with Gasteiger partial charge in [-0.15, -0.1) is 0 Å². The predicted molar refractivity (Wildman–Crippen MR) is 123 cm³/mol. The predicted octanol–water partition coefficient (Wildman–Crippen LogP) is 4.52. The van der Waals surface area contributed by atoms with Gasteiger partial charge in [0.05, 0.1) is 19.4 Å². The van der Waals surface area contributed by atoms with Crippen LogP contribution in [0.15, 0.2) is 72.8 Å². The summed E-state index contributed by atoms with van der Waals surface area (Å²) in [4.78, 5) is 13.3. The Balaban J connectivity index is 1.49. The topological polar surface area (TPSA) is 59.6 Å². The van der Waals surface area contributed by atoms with Crippen molar-refractivity contribution >= 4 is 11.6 Å². The van der Waals surface area contributed by atoms with Gasteiger partial charge in [-0.25, -0.2) is 0 Å². The Kier molecular flexibility index (Phi) is 6.53. The molecule has 1 aliphatic heterocycles. The van der Waals surface area contributed by atoms with Crippen LogP contribution in [0.5, 0.6) is 11.5 Å². The van der Waals surface area contributed by atoms with E-state index in [0.717, 1.165) is 23.3 Å². The van der Waals surface area contributed by atoms with E-state index in [1.807, 2.05) is 73.7 Å². The molecule has 160 valence electrons. The summed E-state index contributed by atoms with van der Waals surface area (Å²) in [5.41, 5.74) is 3.86. The van der Waals surface area contributed by atoms with E-state index < -0.39 is 6.04 Å². The Bertz CT molecular complexity index is 1040. The minimum absolute atomic E-state index is 0.118. The highest BCUT2D eigenvalue weighted by molar-refractivity contribution is 5.96. The van der Waals surface area contributed by atoms with E-state index in [1.165, 1.54) is 5.56 Å². The summed E-state index contributed by atoms with van der Waals surface area (Å²) in [5, 5.41) is 6.52. The van der Waals surface area contributed by atoms with Crippen molar-refractivity contribution in [2.45, 2.75) is 19.4 Å². The van der Waals surface area contributed by atoms with E-state index in [9.17, 15) is 4.79 Å². The van der Waals surface area contributed by atoms with Gasteiger partial charge >= 0.3 is 0 Å². The first-order chi connectivity index (χ1) is 15.1. The number of methoxy groups -OCH3 is 1. The molecule has 3 aromatic carbocycles. The zero-order valence-electron chi connectivity index (χ0n) is 17.9. The van der Waals surface area contributed by atoms with Crippen molar-refractivity contribution in [3.63, 3.8) is 0 Å². The third-order valence-corrected chi connectivity index (χ3v) is 5.57. The fraction of sp³-hybridized carbons (Fsp3) is 0.269. The van der Waals surface area contributed by atoms with Gasteiger partial charge < -0.3 is 20.1 Å². The van der Waals surface area contributed by atoms with Gasteiger partial charge in [0.15, 0.2) is 0 Å². The van der Waals surface area contributed by atoms with Crippen molar-refractivity contribution in [2.75, 3.05) is 25.6 Å². The van der Waals surface area contributed by atoms with Gasteiger partial charge in [0.1, 0.15) is 17.5 Å². The molecular weight excluding hydrogens is 388 g/mol. The molecule has 3 aromatic rings. The van der Waals surface area contributed by atoms with Crippen LogP contribution in [0.25, 0.3) is 0 Å². The van der Waals surface area contributed by atoms with Gasteiger partial charge in [-0.2, -0.15) is 0 Å². The molecule has 0 unspecified atom stereocenters. The third kappa shape index (κ3) is 5.06. The highest BCUT2D eigenvalue weighted by atomic mass is 16.5. The average Bonchev–Trinajstić information content (AvgIpc) is 2.80. The Morgan fingerprint density at radius 2 is 1.87 bits per heavy atom. The number of ether oxygens (including phenoxy) is 2. The molecule has 0 bridgehead atoms. The normalized spacial score (nSPS) is 16.0. The molecule has 0 saturated heterocycles. The number of hydrogen-bond donors (Lipinski definition) is 2. The first-order valence-electron chi connectivity index (χ1n) is 10.6. The van der Waals surface area contributed by atoms with Crippen LogP contribution in [0.3, 0.4) is 0 Å². The third-order valence-electron chi connectivity index (χ3n) is 5.57. The number of carbonyl (C=O) groups excluding carboxylic acids is 1. The van der Waals surface area contributed by atoms with Crippen LogP contribution in [0, 0.1) is 12.8 Å². The number of benzene rings is 3. The van der Waals surface area contributed by atoms with Crippen molar-refractivity contribution in [3.05, 3.63) is 89.5 Å². The molecule has 0 aromatic heterocycles. The number of nitrogens with one attached hydrogen (secondary N) is 2. The molecule has 2 atom stereocenters. The molecule has 2 N–H and O–H groups in total. The summed E-state index contributed by atoms with van der Waals surface area (Å²) in [6.07, 6.45) is 0.929. The molecule has 1 aliphatic rings. The van der Waals surface area contributed by atoms with Crippen molar-refractivity contribution in [3.8, 4) is 11.5 Å². The minimum atomic E-state index is -0.483. The number of hydrogen-bond acceptors (Lipinski definition) is 4. The molecule has 1 amide bonds. The molecule has 0 spiro atoms. The second-order valence-corrected chi connectivity index (χ2v) is 7.93. The molecule has 1 heterocycles. The molecular formula is C26H28N2O3. The zero-order chi connectivity index (χ0) is 21.6. The molecule has 0 fully saturated rings. The Labute approximate surface area is 183 Å². The first kappa shape index (κ1) is 20.9. The molecule has 4 rings (SSSR count). The van der Waals surface area contributed by atoms with E-state index >= 15 is 0 Å². The van der Waals surface area contributed by atoms with E-state index in [1.54, 1.807) is 7.11 Å². The minimum Gasteiger partial charge on any atom is -0.495 e. The SMILES string of the molecule is COc1ccc(C)cc1NC(=O)[C@@H](NC[C@H]1COc2ccccc2C1)c1ccccc1. The Morgan fingerprint density at radius 3 is 2.68 bits per heavy atom. The van der Waals surface area contributed by atoms with Crippen molar-refractivity contribution in [2.24, 2.45) is 5.92 Å². The summed E-state index contributed by atoms with van der Waals surface area (Å²) < 4.78 is 11.3. The average molecular weight is 417 g/mol. The summed E-state index contributed by atoms with van der Waals surface area (Å²) in [7, 11) is 1.61. The lowest BCUT2D eigenvalue weighted by molar-refractivity contribution is -0.118. The summed E-state index contributed by atoms with van der Waals surface area (Å²) in [6, 6.07) is 23.2. The van der Waals surface area contributed by atoms with Gasteiger partial charge in [-0.1, -0.05) is 54.6 Å². The first-order valence-corrected chi connectivity index (χ1v) is 10.6. The van der Waals surface area contributed by atoms with Crippen LogP contribution < -0.4 is 20.1 Å². The fourth-order valence-electron chi connectivity index (χ4n) is 3.94. The standard InChI is InChI=1S/C26H28N2O3/c1-18-12-13-24(30-2)22(14-18)28-26(29)25(20-8-4-3-5-9-20)27-16-19-15-21-10-6-7-11-23(21)31-17-19/h3-14,19,25,27H,15-17H2,1-2H3,(H,28,29)/t19-,25-/m0/s1. The van der Waals surface area contributed by atoms with Crippen LogP contribution in [0.2, 0.25) is 0 Å². The molecule has 31 heavy (non-hydrogen) atoms. The quantitative estimate of drug-likeness (QED) is 0.594. The molecule has 5 heteroatoms. The maximum absolute atomic E-state index is 13.3. The van der Waals surface area contributed by atoms with E-state index in [-0.39, 0.29) is 5.91 Å². The molecule has 0 aliphatic carbocycles. The van der Waals surface area contributed by atoms with Crippen LogP contribution in [0.4, 0.5) is 5.69 Å². The lowest BCUT2D eigenvalue weighted by Crippen LogP contribution is -2.38. The highest BCUT2D eigenvalue weighted by Crippen LogP contribution is 2.28. The van der Waals surface area contributed by atoms with Crippen LogP contribution >= 0.6 is 0 Å². The molecule has 0 saturated carbocycles. The second-order valence-electron chi connectivity index (χ2n) is 7.93. The van der Waals surface area contributed by atoms with Gasteiger partial charge in [-0.05, 0) is 48.2 Å². The monoisotopic (exact) mass is 416 g/mol. The maximum Gasteiger partial charge on any atom is 0.246 e. The van der Waals surface area contributed by atoms with Gasteiger partial charge in [0.25, 0.3) is 0 Å². The fourth-order valence-corrected chi connectivity index (χ4v) is 3.94. The molecule has 5 nitrogen and oxygen atoms in total. The van der Waals surface area contributed by atoms with Gasteiger partial charge in [0, 0.05) is 12.5 Å². The Hall–Kier alpha value is -3.31. The lowest BCUT2D eigenvalue weighted by Gasteiger charge is -2.27. The van der Waals surface area contributed by atoms with Crippen molar-refractivity contribution in [1.29, 1.82) is 0 Å². The number of anilines is 1. The number of carbonyl (C=O) groups is 1. The van der Waals surface area contributed by atoms with Gasteiger partial charge in [0.2, 0.25) is 5.91 Å². The number of aryl methyl sites for hydroxylation is 1. The van der Waals surface area contributed by atoms with E-state index in [0.29, 0.717) is 30.5 Å². The summed E-state index contributed by atoms with van der Waals surface area (Å²) >= 11 is 0. The van der Waals surface area contributed by atoms with Crippen LogP contribution in [0.1, 0.15) is 22.7 Å².